The van der Waals surface area contributed by atoms with Gasteiger partial charge in [0.25, 0.3) is 0 Å². The van der Waals surface area contributed by atoms with Gasteiger partial charge in [-0.05, 0) is 43.7 Å². The molecule has 1 fully saturated rings. The van der Waals surface area contributed by atoms with Gasteiger partial charge in [0.05, 0.1) is 0 Å². The minimum absolute atomic E-state index is 0.00390. The van der Waals surface area contributed by atoms with Gasteiger partial charge in [0.1, 0.15) is 0 Å². The summed E-state index contributed by atoms with van der Waals surface area (Å²) in [4.78, 5) is 0. The molecule has 1 saturated carbocycles. The standard InChI is InChI=1S/C21H18F4O/c1-2-13-6-8-14(9-7-13)10-11-15-4-3-5-16-17(15)12-18(22)20(19(16)23)26-21(24)25/h2-5,12-14,21H,1,6-9H2. The van der Waals surface area contributed by atoms with Crippen LogP contribution in [0, 0.1) is 35.3 Å². The van der Waals surface area contributed by atoms with E-state index in [0.29, 0.717) is 11.5 Å². The number of ether oxygens (including phenoxy) is 1. The number of allylic oxidation sites excluding steroid dienone is 1. The van der Waals surface area contributed by atoms with Crippen molar-refractivity contribution in [3.05, 3.63) is 54.1 Å². The number of alkyl halides is 2. The fourth-order valence-corrected chi connectivity index (χ4v) is 3.32. The quantitative estimate of drug-likeness (QED) is 0.366. The zero-order chi connectivity index (χ0) is 18.7. The lowest BCUT2D eigenvalue weighted by atomic mass is 9.82. The van der Waals surface area contributed by atoms with Crippen molar-refractivity contribution in [1.82, 2.24) is 0 Å². The predicted molar refractivity (Wildman–Crippen MR) is 93.0 cm³/mol. The first-order chi connectivity index (χ1) is 12.5. The highest BCUT2D eigenvalue weighted by Gasteiger charge is 2.20. The molecule has 0 saturated heterocycles. The molecule has 0 heterocycles. The molecule has 0 atom stereocenters. The van der Waals surface area contributed by atoms with Gasteiger partial charge >= 0.3 is 6.61 Å². The van der Waals surface area contributed by atoms with Crippen molar-refractivity contribution in [1.29, 1.82) is 0 Å². The third kappa shape index (κ3) is 3.85. The maximum Gasteiger partial charge on any atom is 0.387 e. The number of fused-ring (bicyclic) bond motifs is 1. The summed E-state index contributed by atoms with van der Waals surface area (Å²) >= 11 is 0. The van der Waals surface area contributed by atoms with Crippen molar-refractivity contribution >= 4 is 10.8 Å². The molecule has 5 heteroatoms. The van der Waals surface area contributed by atoms with E-state index in [1.165, 1.54) is 6.07 Å². The molecular formula is C21H18F4O. The molecule has 0 amide bonds. The van der Waals surface area contributed by atoms with Crippen LogP contribution >= 0.6 is 0 Å². The Morgan fingerprint density at radius 2 is 1.85 bits per heavy atom. The number of halogens is 4. The van der Waals surface area contributed by atoms with E-state index in [1.54, 1.807) is 12.1 Å². The van der Waals surface area contributed by atoms with Crippen molar-refractivity contribution < 1.29 is 22.3 Å². The van der Waals surface area contributed by atoms with E-state index in [4.69, 9.17) is 0 Å². The lowest BCUT2D eigenvalue weighted by Gasteiger charge is -2.22. The van der Waals surface area contributed by atoms with Gasteiger partial charge in [-0.1, -0.05) is 30.0 Å². The Balaban J connectivity index is 1.93. The molecule has 0 bridgehead atoms. The molecule has 1 aliphatic rings. The maximum atomic E-state index is 14.4. The number of rotatable bonds is 3. The molecule has 2 aromatic carbocycles. The topological polar surface area (TPSA) is 9.23 Å². The van der Waals surface area contributed by atoms with Crippen LogP contribution in [0.3, 0.4) is 0 Å². The molecule has 0 aliphatic heterocycles. The summed E-state index contributed by atoms with van der Waals surface area (Å²) in [6.45, 7) is 0.513. The molecule has 1 aliphatic carbocycles. The molecule has 136 valence electrons. The van der Waals surface area contributed by atoms with Crippen LogP contribution in [-0.2, 0) is 0 Å². The lowest BCUT2D eigenvalue weighted by molar-refractivity contribution is -0.0544. The van der Waals surface area contributed by atoms with Gasteiger partial charge in [0.2, 0.25) is 0 Å². The van der Waals surface area contributed by atoms with Crippen LogP contribution in [0.2, 0.25) is 0 Å². The van der Waals surface area contributed by atoms with Crippen molar-refractivity contribution in [3.8, 4) is 17.6 Å². The summed E-state index contributed by atoms with van der Waals surface area (Å²) in [5.41, 5.74) is 0.467. The Hall–Kier alpha value is -2.48. The van der Waals surface area contributed by atoms with Gasteiger partial charge in [0, 0.05) is 22.3 Å². The second-order valence-electron chi connectivity index (χ2n) is 6.40. The van der Waals surface area contributed by atoms with Crippen LogP contribution in [0.25, 0.3) is 10.8 Å². The van der Waals surface area contributed by atoms with Crippen LogP contribution in [0.1, 0.15) is 31.2 Å². The summed E-state index contributed by atoms with van der Waals surface area (Å²) < 4.78 is 57.1. The van der Waals surface area contributed by atoms with Crippen molar-refractivity contribution in [2.45, 2.75) is 32.3 Å². The van der Waals surface area contributed by atoms with Crippen molar-refractivity contribution in [2.75, 3.05) is 0 Å². The second-order valence-corrected chi connectivity index (χ2v) is 6.40. The summed E-state index contributed by atoms with van der Waals surface area (Å²) in [5.74, 6) is 3.57. The molecule has 2 aromatic rings. The second kappa shape index (κ2) is 7.82. The largest absolute Gasteiger partial charge is 0.429 e. The Kier molecular flexibility index (Phi) is 5.51. The van der Waals surface area contributed by atoms with Crippen molar-refractivity contribution in [2.24, 2.45) is 11.8 Å². The van der Waals surface area contributed by atoms with Crippen LogP contribution in [0.5, 0.6) is 5.75 Å². The van der Waals surface area contributed by atoms with E-state index in [1.807, 2.05) is 6.08 Å². The molecule has 0 radical (unpaired) electrons. The minimum atomic E-state index is -3.30. The van der Waals surface area contributed by atoms with E-state index < -0.39 is 24.0 Å². The fourth-order valence-electron chi connectivity index (χ4n) is 3.32. The van der Waals surface area contributed by atoms with E-state index in [9.17, 15) is 17.6 Å². The number of hydrogen-bond acceptors (Lipinski definition) is 1. The highest BCUT2D eigenvalue weighted by Crippen LogP contribution is 2.33. The molecule has 0 aromatic heterocycles. The third-order valence-corrected chi connectivity index (χ3v) is 4.75. The van der Waals surface area contributed by atoms with E-state index in [2.05, 4.69) is 23.2 Å². The highest BCUT2D eigenvalue weighted by atomic mass is 19.3. The monoisotopic (exact) mass is 362 g/mol. The molecule has 26 heavy (non-hydrogen) atoms. The summed E-state index contributed by atoms with van der Waals surface area (Å²) in [7, 11) is 0. The zero-order valence-electron chi connectivity index (χ0n) is 14.1. The van der Waals surface area contributed by atoms with Gasteiger partial charge in [-0.2, -0.15) is 8.78 Å². The predicted octanol–water partition coefficient (Wildman–Crippen LogP) is 6.06. The maximum absolute atomic E-state index is 14.4. The zero-order valence-corrected chi connectivity index (χ0v) is 14.1. The summed E-state index contributed by atoms with van der Waals surface area (Å²) in [6.07, 6.45) is 5.97. The molecule has 0 spiro atoms. The van der Waals surface area contributed by atoms with Crippen molar-refractivity contribution in [3.63, 3.8) is 0 Å². The highest BCUT2D eigenvalue weighted by molar-refractivity contribution is 5.90. The van der Waals surface area contributed by atoms with Crippen LogP contribution in [-0.4, -0.2) is 6.61 Å². The Morgan fingerprint density at radius 1 is 1.12 bits per heavy atom. The van der Waals surface area contributed by atoms with Gasteiger partial charge in [-0.25, -0.2) is 8.78 Å². The number of benzene rings is 2. The van der Waals surface area contributed by atoms with Gasteiger partial charge < -0.3 is 4.74 Å². The average Bonchev–Trinajstić information content (AvgIpc) is 2.64. The number of hydrogen-bond donors (Lipinski definition) is 0. The molecule has 1 nitrogen and oxygen atoms in total. The van der Waals surface area contributed by atoms with Crippen LogP contribution in [0.15, 0.2) is 36.9 Å². The first kappa shape index (κ1) is 18.3. The average molecular weight is 362 g/mol. The Morgan fingerprint density at radius 3 is 2.50 bits per heavy atom. The van der Waals surface area contributed by atoms with Gasteiger partial charge in [-0.3, -0.25) is 0 Å². The molecule has 0 unspecified atom stereocenters. The fraction of sp³-hybridized carbons (Fsp3) is 0.333. The van der Waals surface area contributed by atoms with E-state index in [0.717, 1.165) is 31.7 Å². The van der Waals surface area contributed by atoms with Gasteiger partial charge in [-0.15, -0.1) is 6.58 Å². The molecular weight excluding hydrogens is 344 g/mol. The first-order valence-corrected chi connectivity index (χ1v) is 8.49. The first-order valence-electron chi connectivity index (χ1n) is 8.49. The third-order valence-electron chi connectivity index (χ3n) is 4.75. The Labute approximate surface area is 149 Å². The summed E-state index contributed by atoms with van der Waals surface area (Å²) in [6, 6.07) is 5.61. The molecule has 3 rings (SSSR count). The Bertz CT molecular complexity index is 871. The normalized spacial score (nSPS) is 19.9. The smallest absolute Gasteiger partial charge is 0.387 e. The van der Waals surface area contributed by atoms with Gasteiger partial charge in [0.15, 0.2) is 17.4 Å². The SMILES string of the molecule is C=CC1CCC(C#Cc2cccc3c(F)c(OC(F)F)c(F)cc23)CC1. The summed E-state index contributed by atoms with van der Waals surface area (Å²) in [5, 5.41) is 0.251. The van der Waals surface area contributed by atoms with Crippen LogP contribution in [0.4, 0.5) is 17.6 Å². The van der Waals surface area contributed by atoms with E-state index in [-0.39, 0.29) is 16.7 Å². The molecule has 0 N–H and O–H groups in total. The van der Waals surface area contributed by atoms with Crippen LogP contribution < -0.4 is 4.74 Å². The minimum Gasteiger partial charge on any atom is -0.429 e. The van der Waals surface area contributed by atoms with E-state index >= 15 is 0 Å². The lowest BCUT2D eigenvalue weighted by Crippen LogP contribution is -2.11.